The third-order valence-corrected chi connectivity index (χ3v) is 4.23. The molecule has 7 heteroatoms. The van der Waals surface area contributed by atoms with Gasteiger partial charge in [0.1, 0.15) is 5.82 Å². The van der Waals surface area contributed by atoms with Crippen molar-refractivity contribution >= 4 is 11.5 Å². The summed E-state index contributed by atoms with van der Waals surface area (Å²) in [4.78, 5) is 13.9. The van der Waals surface area contributed by atoms with E-state index in [1.165, 1.54) is 17.4 Å². The summed E-state index contributed by atoms with van der Waals surface area (Å²) in [5.74, 6) is 1.57. The first-order chi connectivity index (χ1) is 9.33. The van der Waals surface area contributed by atoms with Crippen molar-refractivity contribution in [2.24, 2.45) is 5.92 Å². The summed E-state index contributed by atoms with van der Waals surface area (Å²) in [5.41, 5.74) is 0.279. The summed E-state index contributed by atoms with van der Waals surface area (Å²) < 4.78 is 1.33. The molecule has 2 aromatic rings. The highest BCUT2D eigenvalue weighted by molar-refractivity contribution is 5.46. The molecular weight excluding hydrogens is 244 g/mol. The second-order valence-electron chi connectivity index (χ2n) is 5.31. The van der Waals surface area contributed by atoms with Gasteiger partial charge >= 0.3 is 5.69 Å². The van der Waals surface area contributed by atoms with Crippen LogP contribution in [0.5, 0.6) is 0 Å². The molecule has 100 valence electrons. The fourth-order valence-corrected chi connectivity index (χ4v) is 3.30. The van der Waals surface area contributed by atoms with E-state index in [4.69, 9.17) is 0 Å². The van der Waals surface area contributed by atoms with Gasteiger partial charge in [-0.1, -0.05) is 0 Å². The van der Waals surface area contributed by atoms with Crippen molar-refractivity contribution in [3.8, 4) is 0 Å². The van der Waals surface area contributed by atoms with E-state index >= 15 is 0 Å². The van der Waals surface area contributed by atoms with Crippen LogP contribution in [0.3, 0.4) is 0 Å². The Balaban J connectivity index is 1.76. The molecule has 2 aliphatic rings. The number of H-pyrrole nitrogens is 1. The van der Waals surface area contributed by atoms with Gasteiger partial charge in [0.15, 0.2) is 5.65 Å². The number of piperidine rings is 1. The Hall–Kier alpha value is -1.89. The maximum Gasteiger partial charge on any atom is 0.364 e. The largest absolute Gasteiger partial charge is 0.364 e. The Kier molecular flexibility index (Phi) is 2.34. The fourth-order valence-electron chi connectivity index (χ4n) is 3.30. The van der Waals surface area contributed by atoms with Gasteiger partial charge in [-0.15, -0.1) is 5.10 Å². The lowest BCUT2D eigenvalue weighted by molar-refractivity contribution is 0.382. The molecule has 0 aromatic carbocycles. The first kappa shape index (κ1) is 11.0. The second-order valence-corrected chi connectivity index (χ2v) is 5.31. The zero-order chi connectivity index (χ0) is 12.8. The van der Waals surface area contributed by atoms with Crippen LogP contribution < -0.4 is 15.9 Å². The number of rotatable bonds is 1. The van der Waals surface area contributed by atoms with Crippen LogP contribution in [-0.2, 0) is 0 Å². The van der Waals surface area contributed by atoms with E-state index in [0.29, 0.717) is 17.6 Å². The minimum absolute atomic E-state index is 0.282. The highest BCUT2D eigenvalue weighted by Gasteiger charge is 2.35. The molecule has 0 spiro atoms. The topological polar surface area (TPSA) is 78.3 Å². The molecule has 4 rings (SSSR count). The Morgan fingerprint density at radius 3 is 3.21 bits per heavy atom. The lowest BCUT2D eigenvalue weighted by atomic mass is 9.92. The van der Waals surface area contributed by atoms with Crippen LogP contribution in [0.2, 0.25) is 0 Å². The van der Waals surface area contributed by atoms with Gasteiger partial charge in [0, 0.05) is 25.7 Å². The van der Waals surface area contributed by atoms with Crippen molar-refractivity contribution in [3.63, 3.8) is 0 Å². The average Bonchev–Trinajstić information content (AvgIpc) is 3.05. The van der Waals surface area contributed by atoms with Crippen molar-refractivity contribution in [3.05, 3.63) is 22.6 Å². The lowest BCUT2D eigenvalue weighted by Gasteiger charge is -2.37. The van der Waals surface area contributed by atoms with E-state index in [1.54, 1.807) is 0 Å². The molecule has 7 nitrogen and oxygen atoms in total. The number of nitrogens with one attached hydrogen (secondary N) is 2. The Morgan fingerprint density at radius 2 is 2.26 bits per heavy atom. The van der Waals surface area contributed by atoms with Gasteiger partial charge in [0.2, 0.25) is 0 Å². The van der Waals surface area contributed by atoms with Crippen LogP contribution in [0.15, 0.2) is 16.9 Å². The minimum atomic E-state index is -0.282. The average molecular weight is 260 g/mol. The van der Waals surface area contributed by atoms with Crippen molar-refractivity contribution in [2.75, 3.05) is 24.5 Å². The summed E-state index contributed by atoms with van der Waals surface area (Å²) in [6, 6.07) is 4.30. The van der Waals surface area contributed by atoms with Gasteiger partial charge in [-0.05, 0) is 30.9 Å². The quantitative estimate of drug-likeness (QED) is 0.730. The zero-order valence-corrected chi connectivity index (χ0v) is 10.5. The molecule has 19 heavy (non-hydrogen) atoms. The number of hydrogen-bond donors (Lipinski definition) is 2. The molecule has 2 atom stereocenters. The van der Waals surface area contributed by atoms with E-state index in [-0.39, 0.29) is 5.69 Å². The van der Waals surface area contributed by atoms with Gasteiger partial charge in [-0.2, -0.15) is 9.61 Å². The van der Waals surface area contributed by atoms with Crippen LogP contribution in [-0.4, -0.2) is 45.5 Å². The van der Waals surface area contributed by atoms with Crippen molar-refractivity contribution in [1.29, 1.82) is 0 Å². The van der Waals surface area contributed by atoms with Gasteiger partial charge in [-0.25, -0.2) is 9.89 Å². The fraction of sp³-hybridized carbons (Fsp3) is 0.583. The molecule has 2 aliphatic heterocycles. The Labute approximate surface area is 109 Å². The molecule has 2 saturated heterocycles. The van der Waals surface area contributed by atoms with E-state index < -0.39 is 0 Å². The summed E-state index contributed by atoms with van der Waals surface area (Å²) in [6.45, 7) is 3.10. The number of hydrogen-bond acceptors (Lipinski definition) is 5. The van der Waals surface area contributed by atoms with Crippen molar-refractivity contribution in [1.82, 2.24) is 25.1 Å². The third-order valence-electron chi connectivity index (χ3n) is 4.23. The summed E-state index contributed by atoms with van der Waals surface area (Å²) in [5, 5.41) is 14.2. The molecular formula is C12H16N6O. The number of nitrogens with zero attached hydrogens (tertiary/aromatic N) is 4. The Morgan fingerprint density at radius 1 is 1.32 bits per heavy atom. The molecule has 0 amide bonds. The maximum absolute atomic E-state index is 11.6. The summed E-state index contributed by atoms with van der Waals surface area (Å²) in [6.07, 6.45) is 2.46. The highest BCUT2D eigenvalue weighted by atomic mass is 16.2. The predicted octanol–water partition coefficient (Wildman–Crippen LogP) is -0.394. The smallest absolute Gasteiger partial charge is 0.351 e. The van der Waals surface area contributed by atoms with E-state index in [0.717, 1.165) is 25.5 Å². The lowest BCUT2D eigenvalue weighted by Crippen LogP contribution is -2.45. The molecule has 0 saturated carbocycles. The molecule has 2 N–H and O–H groups in total. The monoisotopic (exact) mass is 260 g/mol. The second kappa shape index (κ2) is 4.06. The van der Waals surface area contributed by atoms with Crippen LogP contribution in [0.1, 0.15) is 12.8 Å². The zero-order valence-electron chi connectivity index (χ0n) is 10.5. The molecule has 0 bridgehead atoms. The van der Waals surface area contributed by atoms with Crippen molar-refractivity contribution < 1.29 is 0 Å². The van der Waals surface area contributed by atoms with Crippen LogP contribution in [0.4, 0.5) is 5.82 Å². The molecule has 0 aliphatic carbocycles. The maximum atomic E-state index is 11.6. The van der Waals surface area contributed by atoms with Crippen LogP contribution in [0, 0.1) is 5.92 Å². The van der Waals surface area contributed by atoms with E-state index in [1.807, 2.05) is 12.1 Å². The standard InChI is InChI=1S/C12H16N6O/c19-12-15-14-10-3-4-11(16-18(10)12)17-5-1-2-8-6-13-7-9(8)17/h3-4,8-9,13H,1-2,5-7H2,(H,15,19). The van der Waals surface area contributed by atoms with Crippen LogP contribution >= 0.6 is 0 Å². The van der Waals surface area contributed by atoms with Crippen molar-refractivity contribution in [2.45, 2.75) is 18.9 Å². The minimum Gasteiger partial charge on any atom is -0.351 e. The number of anilines is 1. The summed E-state index contributed by atoms with van der Waals surface area (Å²) in [7, 11) is 0. The normalized spacial score (nSPS) is 26.8. The first-order valence-corrected chi connectivity index (χ1v) is 6.75. The van der Waals surface area contributed by atoms with Gasteiger partial charge < -0.3 is 10.2 Å². The van der Waals surface area contributed by atoms with Gasteiger partial charge in [0.05, 0.1) is 0 Å². The third kappa shape index (κ3) is 1.65. The predicted molar refractivity (Wildman–Crippen MR) is 70.3 cm³/mol. The van der Waals surface area contributed by atoms with Gasteiger partial charge in [0.25, 0.3) is 0 Å². The summed E-state index contributed by atoms with van der Waals surface area (Å²) >= 11 is 0. The number of aromatic nitrogens is 4. The molecule has 2 unspecified atom stereocenters. The van der Waals surface area contributed by atoms with E-state index in [9.17, 15) is 4.79 Å². The Bertz CT molecular complexity index is 662. The number of fused-ring (bicyclic) bond motifs is 2. The van der Waals surface area contributed by atoms with E-state index in [2.05, 4.69) is 25.5 Å². The molecule has 2 fully saturated rings. The van der Waals surface area contributed by atoms with Gasteiger partial charge in [-0.3, -0.25) is 0 Å². The molecule has 2 aromatic heterocycles. The SMILES string of the molecule is O=c1[nH]nc2ccc(N3CCCC4CNCC43)nn12. The molecule has 0 radical (unpaired) electrons. The first-order valence-electron chi connectivity index (χ1n) is 6.75. The highest BCUT2D eigenvalue weighted by Crippen LogP contribution is 2.29. The van der Waals surface area contributed by atoms with Crippen LogP contribution in [0.25, 0.3) is 5.65 Å². The number of aromatic amines is 1. The molecule has 4 heterocycles.